The van der Waals surface area contributed by atoms with Crippen LogP contribution in [-0.2, 0) is 0 Å². The summed E-state index contributed by atoms with van der Waals surface area (Å²) in [4.78, 5) is 36.4. The molecule has 0 fully saturated rings. The number of nitrogens with one attached hydrogen (secondary N) is 3. The Kier molecular flexibility index (Phi) is 4.78. The lowest BCUT2D eigenvalue weighted by Gasteiger charge is -2.07. The first kappa shape index (κ1) is 16.0. The fraction of sp³-hybridized carbons (Fsp3) is 0. The number of aromatic nitrogens is 1. The van der Waals surface area contributed by atoms with Crippen LogP contribution in [0.2, 0.25) is 5.02 Å². The minimum absolute atomic E-state index is 0.0277. The van der Waals surface area contributed by atoms with Crippen molar-refractivity contribution in [2.45, 2.75) is 0 Å². The molecule has 0 saturated heterocycles. The number of H-pyrrole nitrogens is 1. The number of nitro benzene ring substituents is 1. The Balaban J connectivity index is 2.08. The smallest absolute Gasteiger partial charge is 0.286 e. The topological polar surface area (TPSA) is 117 Å². The highest BCUT2D eigenvalue weighted by Gasteiger charge is 2.17. The molecule has 0 atom stereocenters. The number of carbonyl (C=O) groups excluding carboxylic acids is 2. The van der Waals surface area contributed by atoms with Gasteiger partial charge >= 0.3 is 0 Å². The van der Waals surface area contributed by atoms with Crippen LogP contribution in [0.4, 0.5) is 5.69 Å². The molecule has 2 aromatic rings. The maximum absolute atomic E-state index is 11.9. The minimum Gasteiger partial charge on any atom is -0.356 e. The summed E-state index contributed by atoms with van der Waals surface area (Å²) in [5.74, 6) is -1.35. The van der Waals surface area contributed by atoms with E-state index >= 15 is 0 Å². The highest BCUT2D eigenvalue weighted by Crippen LogP contribution is 2.21. The average molecular weight is 388 g/mol. The Morgan fingerprint density at radius 2 is 1.91 bits per heavy atom. The molecule has 0 spiro atoms. The molecule has 0 aliphatic carbocycles. The second-order valence-electron chi connectivity index (χ2n) is 4.06. The van der Waals surface area contributed by atoms with Crippen molar-refractivity contribution in [2.24, 2.45) is 0 Å². The second kappa shape index (κ2) is 6.58. The zero-order valence-corrected chi connectivity index (χ0v) is 13.1. The van der Waals surface area contributed by atoms with Crippen molar-refractivity contribution in [3.05, 3.63) is 61.3 Å². The van der Waals surface area contributed by atoms with Crippen molar-refractivity contribution >= 4 is 45.0 Å². The third kappa shape index (κ3) is 3.62. The van der Waals surface area contributed by atoms with Crippen LogP contribution in [0.3, 0.4) is 0 Å². The molecule has 1 aromatic heterocycles. The van der Waals surface area contributed by atoms with Crippen molar-refractivity contribution in [1.29, 1.82) is 0 Å². The van der Waals surface area contributed by atoms with Crippen LogP contribution in [0, 0.1) is 10.1 Å². The summed E-state index contributed by atoms with van der Waals surface area (Å²) in [6, 6.07) is 4.95. The summed E-state index contributed by atoms with van der Waals surface area (Å²) in [5.41, 5.74) is 4.12. The van der Waals surface area contributed by atoms with Gasteiger partial charge < -0.3 is 4.98 Å². The quantitative estimate of drug-likeness (QED) is 0.554. The zero-order chi connectivity index (χ0) is 16.3. The van der Waals surface area contributed by atoms with Crippen molar-refractivity contribution in [3.8, 4) is 0 Å². The molecule has 0 aliphatic rings. The summed E-state index contributed by atoms with van der Waals surface area (Å²) >= 11 is 8.99. The molecule has 1 heterocycles. The van der Waals surface area contributed by atoms with Gasteiger partial charge in [0.2, 0.25) is 0 Å². The zero-order valence-electron chi connectivity index (χ0n) is 10.7. The fourth-order valence-corrected chi connectivity index (χ4v) is 2.09. The Hall–Kier alpha value is -2.39. The van der Waals surface area contributed by atoms with E-state index in [9.17, 15) is 19.7 Å². The van der Waals surface area contributed by atoms with E-state index in [1.54, 1.807) is 6.20 Å². The highest BCUT2D eigenvalue weighted by atomic mass is 79.9. The summed E-state index contributed by atoms with van der Waals surface area (Å²) in [7, 11) is 0. The van der Waals surface area contributed by atoms with E-state index < -0.39 is 16.7 Å². The van der Waals surface area contributed by atoms with Crippen LogP contribution in [-0.4, -0.2) is 21.7 Å². The van der Waals surface area contributed by atoms with Gasteiger partial charge in [-0.15, -0.1) is 0 Å². The average Bonchev–Trinajstić information content (AvgIpc) is 2.91. The first-order valence-corrected chi connectivity index (χ1v) is 6.94. The lowest BCUT2D eigenvalue weighted by molar-refractivity contribution is -0.384. The largest absolute Gasteiger partial charge is 0.356 e. The predicted molar refractivity (Wildman–Crippen MR) is 81.5 cm³/mol. The number of nitro groups is 1. The molecular weight excluding hydrogens is 380 g/mol. The van der Waals surface area contributed by atoms with Gasteiger partial charge in [-0.25, -0.2) is 0 Å². The van der Waals surface area contributed by atoms with Crippen molar-refractivity contribution in [1.82, 2.24) is 15.8 Å². The van der Waals surface area contributed by atoms with Gasteiger partial charge in [0.1, 0.15) is 5.69 Å². The van der Waals surface area contributed by atoms with Gasteiger partial charge in [0.25, 0.3) is 17.5 Å². The molecule has 2 amide bonds. The molecule has 3 N–H and O–H groups in total. The Labute approximate surface area is 137 Å². The molecule has 1 aromatic carbocycles. The number of benzene rings is 1. The lowest BCUT2D eigenvalue weighted by Crippen LogP contribution is -2.41. The first-order chi connectivity index (χ1) is 10.4. The van der Waals surface area contributed by atoms with Crippen LogP contribution in [0.25, 0.3) is 0 Å². The standard InChI is InChI=1S/C12H8BrClN4O4/c13-6-3-10(15-5-6)12(20)17-16-11(19)8-4-7(18(21)22)1-2-9(8)14/h1-5,15H,(H,16,19)(H,17,20). The van der Waals surface area contributed by atoms with Crippen molar-refractivity contribution < 1.29 is 14.5 Å². The second-order valence-corrected chi connectivity index (χ2v) is 5.38. The molecular formula is C12H8BrClN4O4. The maximum Gasteiger partial charge on any atom is 0.286 e. The van der Waals surface area contributed by atoms with Gasteiger partial charge in [0.15, 0.2) is 0 Å². The SMILES string of the molecule is O=C(NNC(=O)c1cc([N+](=O)[O-])ccc1Cl)c1cc(Br)c[nH]1. The molecule has 0 saturated carbocycles. The van der Waals surface area contributed by atoms with Gasteiger partial charge in [-0.05, 0) is 28.1 Å². The van der Waals surface area contributed by atoms with E-state index in [4.69, 9.17) is 11.6 Å². The molecule has 0 aliphatic heterocycles. The number of amides is 2. The number of aromatic amines is 1. The minimum atomic E-state index is -0.771. The third-order valence-corrected chi connectivity index (χ3v) is 3.37. The van der Waals surface area contributed by atoms with E-state index in [1.807, 2.05) is 0 Å². The summed E-state index contributed by atoms with van der Waals surface area (Å²) < 4.78 is 0.672. The van der Waals surface area contributed by atoms with Gasteiger partial charge in [0.05, 0.1) is 15.5 Å². The van der Waals surface area contributed by atoms with Crippen LogP contribution >= 0.6 is 27.5 Å². The molecule has 8 nitrogen and oxygen atoms in total. The molecule has 22 heavy (non-hydrogen) atoms. The maximum atomic E-state index is 11.9. The van der Waals surface area contributed by atoms with Crippen LogP contribution in [0.1, 0.15) is 20.8 Å². The number of nitrogens with zero attached hydrogens (tertiary/aromatic N) is 1. The van der Waals surface area contributed by atoms with Gasteiger partial charge in [-0.3, -0.25) is 30.6 Å². The third-order valence-electron chi connectivity index (χ3n) is 2.59. The molecule has 0 unspecified atom stereocenters. The van der Waals surface area contributed by atoms with E-state index in [0.29, 0.717) is 4.47 Å². The molecule has 114 valence electrons. The van der Waals surface area contributed by atoms with E-state index in [1.165, 1.54) is 18.2 Å². The Morgan fingerprint density at radius 1 is 1.23 bits per heavy atom. The number of hydrogen-bond acceptors (Lipinski definition) is 4. The summed E-state index contributed by atoms with van der Waals surface area (Å²) in [6.45, 7) is 0. The predicted octanol–water partition coefficient (Wildman–Crippen LogP) is 2.41. The fourth-order valence-electron chi connectivity index (χ4n) is 1.55. The number of carbonyl (C=O) groups is 2. The lowest BCUT2D eigenvalue weighted by atomic mass is 10.2. The highest BCUT2D eigenvalue weighted by molar-refractivity contribution is 9.10. The van der Waals surface area contributed by atoms with E-state index in [2.05, 4.69) is 31.8 Å². The Bertz CT molecular complexity index is 761. The number of hydrogen-bond donors (Lipinski definition) is 3. The Morgan fingerprint density at radius 3 is 2.50 bits per heavy atom. The van der Waals surface area contributed by atoms with Gasteiger partial charge in [-0.2, -0.15) is 0 Å². The first-order valence-electron chi connectivity index (χ1n) is 5.77. The van der Waals surface area contributed by atoms with Gasteiger partial charge in [-0.1, -0.05) is 11.6 Å². The molecule has 10 heteroatoms. The number of hydrazine groups is 1. The van der Waals surface area contributed by atoms with Crippen molar-refractivity contribution in [3.63, 3.8) is 0 Å². The number of halogens is 2. The van der Waals surface area contributed by atoms with Gasteiger partial charge in [0, 0.05) is 22.8 Å². The normalized spacial score (nSPS) is 10.1. The summed E-state index contributed by atoms with van der Waals surface area (Å²) in [6.07, 6.45) is 1.55. The van der Waals surface area contributed by atoms with Crippen LogP contribution in [0.5, 0.6) is 0 Å². The number of rotatable bonds is 3. The van der Waals surface area contributed by atoms with Crippen molar-refractivity contribution in [2.75, 3.05) is 0 Å². The molecule has 2 rings (SSSR count). The van der Waals surface area contributed by atoms with E-state index in [0.717, 1.165) is 6.07 Å². The van der Waals surface area contributed by atoms with Crippen LogP contribution in [0.15, 0.2) is 34.9 Å². The molecule has 0 bridgehead atoms. The van der Waals surface area contributed by atoms with E-state index in [-0.39, 0.29) is 22.0 Å². The summed E-state index contributed by atoms with van der Waals surface area (Å²) in [5, 5.41) is 10.7. The monoisotopic (exact) mass is 386 g/mol. The number of non-ortho nitro benzene ring substituents is 1. The molecule has 0 radical (unpaired) electrons. The van der Waals surface area contributed by atoms with Crippen LogP contribution < -0.4 is 10.9 Å².